The van der Waals surface area contributed by atoms with E-state index < -0.39 is 17.8 Å². The quantitative estimate of drug-likeness (QED) is 0.819. The zero-order valence-electron chi connectivity index (χ0n) is 15.2. The highest BCUT2D eigenvalue weighted by Gasteiger charge is 2.42. The van der Waals surface area contributed by atoms with Crippen LogP contribution in [0.25, 0.3) is 5.69 Å². The lowest BCUT2D eigenvalue weighted by Crippen LogP contribution is -2.34. The SMILES string of the molecule is Cl.O=C(c1cnn(-c2ccccc2)c1C(F)(F)F)N1CC[C@@H]2CNC[C@@H]2CC1. The van der Waals surface area contributed by atoms with Gasteiger partial charge in [-0.05, 0) is 49.9 Å². The third kappa shape index (κ3) is 3.89. The fourth-order valence-electron chi connectivity index (χ4n) is 4.13. The second kappa shape index (κ2) is 8.13. The molecule has 1 aromatic heterocycles. The van der Waals surface area contributed by atoms with Crippen LogP contribution in [0.2, 0.25) is 0 Å². The average molecular weight is 415 g/mol. The summed E-state index contributed by atoms with van der Waals surface area (Å²) in [5.41, 5.74) is -1.11. The van der Waals surface area contributed by atoms with Gasteiger partial charge in [0.25, 0.3) is 5.91 Å². The van der Waals surface area contributed by atoms with E-state index in [4.69, 9.17) is 0 Å². The Bertz CT molecular complexity index is 810. The lowest BCUT2D eigenvalue weighted by atomic mass is 9.92. The molecule has 28 heavy (non-hydrogen) atoms. The van der Waals surface area contributed by atoms with Crippen LogP contribution in [0.5, 0.6) is 0 Å². The predicted molar refractivity (Wildman–Crippen MR) is 101 cm³/mol. The lowest BCUT2D eigenvalue weighted by Gasteiger charge is -2.21. The maximum atomic E-state index is 13.8. The van der Waals surface area contributed by atoms with Gasteiger partial charge in [-0.25, -0.2) is 4.68 Å². The van der Waals surface area contributed by atoms with E-state index in [0.29, 0.717) is 24.9 Å². The van der Waals surface area contributed by atoms with E-state index in [-0.39, 0.29) is 23.7 Å². The Hall–Kier alpha value is -2.06. The first kappa shape index (κ1) is 20.7. The molecule has 2 fully saturated rings. The Morgan fingerprint density at radius 1 is 1.07 bits per heavy atom. The fourth-order valence-corrected chi connectivity index (χ4v) is 4.13. The molecule has 2 aromatic rings. The van der Waals surface area contributed by atoms with Gasteiger partial charge >= 0.3 is 6.18 Å². The van der Waals surface area contributed by atoms with Crippen LogP contribution in [-0.2, 0) is 6.18 Å². The second-order valence-corrected chi connectivity index (χ2v) is 7.20. The Morgan fingerprint density at radius 2 is 1.68 bits per heavy atom. The van der Waals surface area contributed by atoms with Gasteiger partial charge in [-0.3, -0.25) is 4.79 Å². The summed E-state index contributed by atoms with van der Waals surface area (Å²) in [7, 11) is 0. The van der Waals surface area contributed by atoms with Crippen molar-refractivity contribution >= 4 is 18.3 Å². The van der Waals surface area contributed by atoms with Crippen LogP contribution in [0.1, 0.15) is 28.9 Å². The van der Waals surface area contributed by atoms with E-state index in [2.05, 4.69) is 10.4 Å². The number of fused-ring (bicyclic) bond motifs is 1. The van der Waals surface area contributed by atoms with Gasteiger partial charge in [-0.2, -0.15) is 18.3 Å². The van der Waals surface area contributed by atoms with Gasteiger partial charge in [0, 0.05) is 13.1 Å². The molecule has 2 atom stereocenters. The first-order valence-corrected chi connectivity index (χ1v) is 9.16. The summed E-state index contributed by atoms with van der Waals surface area (Å²) in [6.45, 7) is 2.81. The number of carbonyl (C=O) groups excluding carboxylic acids is 1. The Morgan fingerprint density at radius 3 is 2.25 bits per heavy atom. The van der Waals surface area contributed by atoms with Gasteiger partial charge in [0.1, 0.15) is 0 Å². The lowest BCUT2D eigenvalue weighted by molar-refractivity contribution is -0.143. The minimum atomic E-state index is -4.68. The molecule has 1 N–H and O–H groups in total. The highest BCUT2D eigenvalue weighted by molar-refractivity contribution is 5.95. The molecule has 2 aliphatic heterocycles. The van der Waals surface area contributed by atoms with Gasteiger partial charge in [0.05, 0.1) is 17.4 Å². The summed E-state index contributed by atoms with van der Waals surface area (Å²) < 4.78 is 42.2. The molecule has 0 aliphatic carbocycles. The molecule has 0 bridgehead atoms. The molecule has 0 unspecified atom stereocenters. The van der Waals surface area contributed by atoms with Crippen LogP contribution in [0.4, 0.5) is 13.2 Å². The molecule has 2 aliphatic rings. The van der Waals surface area contributed by atoms with Crippen LogP contribution in [0.3, 0.4) is 0 Å². The van der Waals surface area contributed by atoms with Gasteiger partial charge < -0.3 is 10.2 Å². The fraction of sp³-hybridized carbons (Fsp3) is 0.474. The number of rotatable bonds is 2. The van der Waals surface area contributed by atoms with Crippen molar-refractivity contribution in [3.05, 3.63) is 47.8 Å². The van der Waals surface area contributed by atoms with Gasteiger partial charge in [0.15, 0.2) is 5.69 Å². The van der Waals surface area contributed by atoms with Crippen LogP contribution >= 0.6 is 12.4 Å². The van der Waals surface area contributed by atoms with Gasteiger partial charge in [-0.15, -0.1) is 12.4 Å². The monoisotopic (exact) mass is 414 g/mol. The number of amides is 1. The molecule has 3 heterocycles. The largest absolute Gasteiger partial charge is 0.434 e. The van der Waals surface area contributed by atoms with Crippen molar-refractivity contribution in [1.29, 1.82) is 0 Å². The predicted octanol–water partition coefficient (Wildman–Crippen LogP) is 3.38. The van der Waals surface area contributed by atoms with Gasteiger partial charge in [0.2, 0.25) is 0 Å². The van der Waals surface area contributed by atoms with Crippen LogP contribution in [-0.4, -0.2) is 46.8 Å². The number of alkyl halides is 3. The smallest absolute Gasteiger partial charge is 0.339 e. The number of likely N-dealkylation sites (tertiary alicyclic amines) is 1. The zero-order chi connectivity index (χ0) is 19.0. The molecule has 5 nitrogen and oxygen atoms in total. The minimum Gasteiger partial charge on any atom is -0.339 e. The Balaban J connectivity index is 0.00000225. The number of aromatic nitrogens is 2. The van der Waals surface area contributed by atoms with Gasteiger partial charge in [-0.1, -0.05) is 18.2 Å². The Kier molecular flexibility index (Phi) is 6.00. The summed E-state index contributed by atoms with van der Waals surface area (Å²) in [5, 5.41) is 7.24. The zero-order valence-corrected chi connectivity index (χ0v) is 16.0. The standard InChI is InChI=1S/C19H21F3N4O.ClH/c20-19(21,22)17-16(12-24-26(17)15-4-2-1-3-5-15)18(27)25-8-6-13-10-23-11-14(13)7-9-25;/h1-5,12-14,23H,6-11H2;1H/t13-,14+;. The van der Waals surface area contributed by atoms with Crippen molar-refractivity contribution in [3.63, 3.8) is 0 Å². The molecular formula is C19H22ClF3N4O. The number of benzene rings is 1. The van der Waals surface area contributed by atoms with Crippen LogP contribution in [0, 0.1) is 11.8 Å². The third-order valence-electron chi connectivity index (χ3n) is 5.58. The summed E-state index contributed by atoms with van der Waals surface area (Å²) in [4.78, 5) is 14.5. The molecule has 0 saturated carbocycles. The molecule has 4 rings (SSSR count). The van der Waals surface area contributed by atoms with E-state index in [1.165, 1.54) is 12.1 Å². The maximum absolute atomic E-state index is 13.8. The van der Waals surface area contributed by atoms with Crippen molar-refractivity contribution in [1.82, 2.24) is 20.0 Å². The number of para-hydroxylation sites is 1. The highest BCUT2D eigenvalue weighted by atomic mass is 35.5. The summed E-state index contributed by atoms with van der Waals surface area (Å²) in [5.74, 6) is 0.409. The normalized spacial score (nSPS) is 22.3. The molecule has 1 amide bonds. The second-order valence-electron chi connectivity index (χ2n) is 7.20. The van der Waals surface area contributed by atoms with Crippen molar-refractivity contribution in [2.45, 2.75) is 19.0 Å². The molecule has 0 spiro atoms. The number of hydrogen-bond acceptors (Lipinski definition) is 3. The van der Waals surface area contributed by atoms with Crippen LogP contribution < -0.4 is 5.32 Å². The number of nitrogens with zero attached hydrogens (tertiary/aromatic N) is 3. The Labute approximate surface area is 167 Å². The first-order valence-electron chi connectivity index (χ1n) is 9.16. The van der Waals surface area contributed by atoms with Crippen molar-refractivity contribution in [3.8, 4) is 5.69 Å². The summed E-state index contributed by atoms with van der Waals surface area (Å²) in [6.07, 6.45) is -2.00. The van der Waals surface area contributed by atoms with E-state index >= 15 is 0 Å². The average Bonchev–Trinajstić information content (AvgIpc) is 3.25. The number of carbonyl (C=O) groups is 1. The molecule has 9 heteroatoms. The molecule has 2 saturated heterocycles. The van der Waals surface area contributed by atoms with E-state index in [1.807, 2.05) is 0 Å². The van der Waals surface area contributed by atoms with E-state index in [0.717, 1.165) is 36.8 Å². The summed E-state index contributed by atoms with van der Waals surface area (Å²) >= 11 is 0. The van der Waals surface area contributed by atoms with Crippen molar-refractivity contribution in [2.24, 2.45) is 11.8 Å². The van der Waals surface area contributed by atoms with Crippen LogP contribution in [0.15, 0.2) is 36.5 Å². The van der Waals surface area contributed by atoms with E-state index in [9.17, 15) is 18.0 Å². The molecule has 152 valence electrons. The topological polar surface area (TPSA) is 50.2 Å². The first-order chi connectivity index (χ1) is 12.9. The summed E-state index contributed by atoms with van der Waals surface area (Å²) in [6, 6.07) is 8.07. The third-order valence-corrected chi connectivity index (χ3v) is 5.58. The van der Waals surface area contributed by atoms with Crippen molar-refractivity contribution < 1.29 is 18.0 Å². The number of hydrogen-bond donors (Lipinski definition) is 1. The number of halogens is 4. The highest BCUT2D eigenvalue weighted by Crippen LogP contribution is 2.35. The minimum absolute atomic E-state index is 0. The number of nitrogens with one attached hydrogen (secondary N) is 1. The maximum Gasteiger partial charge on any atom is 0.434 e. The molecular weight excluding hydrogens is 393 g/mol. The molecule has 0 radical (unpaired) electrons. The van der Waals surface area contributed by atoms with E-state index in [1.54, 1.807) is 23.1 Å². The van der Waals surface area contributed by atoms with Crippen molar-refractivity contribution in [2.75, 3.05) is 26.2 Å². The molecule has 1 aromatic carbocycles.